The number of nitrogens with zero attached hydrogens (tertiary/aromatic N) is 1. The highest BCUT2D eigenvalue weighted by molar-refractivity contribution is 5.92. The summed E-state index contributed by atoms with van der Waals surface area (Å²) in [5.74, 6) is -0.548. The molecule has 0 saturated heterocycles. The third-order valence-corrected chi connectivity index (χ3v) is 2.59. The Bertz CT molecular complexity index is 465. The summed E-state index contributed by atoms with van der Waals surface area (Å²) in [5, 5.41) is 26.9. The SMILES string of the molecule is COC(=O)c1ccc(CCC(O)CO)cc1C#N. The van der Waals surface area contributed by atoms with E-state index in [1.165, 1.54) is 13.2 Å². The molecule has 18 heavy (non-hydrogen) atoms. The predicted octanol–water partition coefficient (Wildman–Crippen LogP) is 0.631. The van der Waals surface area contributed by atoms with Gasteiger partial charge in [0.2, 0.25) is 0 Å². The van der Waals surface area contributed by atoms with Crippen LogP contribution in [0, 0.1) is 11.3 Å². The molecule has 2 N–H and O–H groups in total. The third-order valence-electron chi connectivity index (χ3n) is 2.59. The molecule has 1 aromatic rings. The van der Waals surface area contributed by atoms with Crippen molar-refractivity contribution in [2.75, 3.05) is 13.7 Å². The van der Waals surface area contributed by atoms with Crippen LogP contribution in [0.3, 0.4) is 0 Å². The number of ether oxygens (including phenoxy) is 1. The summed E-state index contributed by atoms with van der Waals surface area (Å²) in [7, 11) is 1.26. The van der Waals surface area contributed by atoms with Gasteiger partial charge in [0.15, 0.2) is 0 Å². The molecular weight excluding hydrogens is 234 g/mol. The van der Waals surface area contributed by atoms with Crippen LogP contribution in [-0.2, 0) is 11.2 Å². The molecule has 0 aliphatic heterocycles. The predicted molar refractivity (Wildman–Crippen MR) is 63.9 cm³/mol. The lowest BCUT2D eigenvalue weighted by molar-refractivity contribution is 0.0600. The summed E-state index contributed by atoms with van der Waals surface area (Å²) >= 11 is 0. The molecule has 0 aliphatic rings. The number of nitriles is 1. The van der Waals surface area contributed by atoms with Crippen molar-refractivity contribution in [3.05, 3.63) is 34.9 Å². The van der Waals surface area contributed by atoms with Crippen molar-refractivity contribution >= 4 is 5.97 Å². The Morgan fingerprint density at radius 3 is 2.83 bits per heavy atom. The Morgan fingerprint density at radius 2 is 2.28 bits per heavy atom. The van der Waals surface area contributed by atoms with Crippen LogP contribution in [0.1, 0.15) is 27.9 Å². The zero-order valence-corrected chi connectivity index (χ0v) is 10.1. The fraction of sp³-hybridized carbons (Fsp3) is 0.385. The summed E-state index contributed by atoms with van der Waals surface area (Å²) in [6, 6.07) is 6.77. The highest BCUT2D eigenvalue weighted by atomic mass is 16.5. The van der Waals surface area contributed by atoms with Gasteiger partial charge in [0.1, 0.15) is 6.07 Å². The molecule has 5 nitrogen and oxygen atoms in total. The maximum atomic E-state index is 11.4. The first kappa shape index (κ1) is 14.2. The number of esters is 1. The molecule has 1 atom stereocenters. The number of aliphatic hydroxyl groups is 2. The Balaban J connectivity index is 2.86. The van der Waals surface area contributed by atoms with Gasteiger partial charge < -0.3 is 14.9 Å². The first-order valence-electron chi connectivity index (χ1n) is 5.52. The van der Waals surface area contributed by atoms with Crippen molar-refractivity contribution in [2.45, 2.75) is 18.9 Å². The van der Waals surface area contributed by atoms with E-state index in [1.807, 2.05) is 6.07 Å². The van der Waals surface area contributed by atoms with Crippen LogP contribution in [-0.4, -0.2) is 36.0 Å². The van der Waals surface area contributed by atoms with Crippen molar-refractivity contribution in [3.8, 4) is 6.07 Å². The van der Waals surface area contributed by atoms with Gasteiger partial charge in [0.25, 0.3) is 0 Å². The number of hydrogen-bond acceptors (Lipinski definition) is 5. The highest BCUT2D eigenvalue weighted by Crippen LogP contribution is 2.14. The van der Waals surface area contributed by atoms with E-state index in [1.54, 1.807) is 12.1 Å². The van der Waals surface area contributed by atoms with Crippen LogP contribution in [0.15, 0.2) is 18.2 Å². The topological polar surface area (TPSA) is 90.6 Å². The smallest absolute Gasteiger partial charge is 0.339 e. The minimum atomic E-state index is -0.768. The average molecular weight is 249 g/mol. The lowest BCUT2D eigenvalue weighted by Crippen LogP contribution is -2.13. The number of aryl methyl sites for hydroxylation is 1. The van der Waals surface area contributed by atoms with Crippen LogP contribution >= 0.6 is 0 Å². The summed E-state index contributed by atoms with van der Waals surface area (Å²) in [4.78, 5) is 11.4. The molecule has 0 amide bonds. The molecule has 1 aromatic carbocycles. The second kappa shape index (κ2) is 6.74. The van der Waals surface area contributed by atoms with E-state index in [0.717, 1.165) is 5.56 Å². The standard InChI is InChI=1S/C13H15NO4/c1-18-13(17)12-5-3-9(6-10(12)7-14)2-4-11(16)8-15/h3,5-6,11,15-16H,2,4,8H2,1H3. The van der Waals surface area contributed by atoms with E-state index in [2.05, 4.69) is 4.74 Å². The van der Waals surface area contributed by atoms with E-state index in [4.69, 9.17) is 10.4 Å². The first-order valence-corrected chi connectivity index (χ1v) is 5.52. The molecule has 0 spiro atoms. The molecule has 0 bridgehead atoms. The van der Waals surface area contributed by atoms with Crippen molar-refractivity contribution in [1.29, 1.82) is 5.26 Å². The van der Waals surface area contributed by atoms with E-state index < -0.39 is 12.1 Å². The number of benzene rings is 1. The Labute approximate surface area is 105 Å². The molecule has 96 valence electrons. The largest absolute Gasteiger partial charge is 0.465 e. The number of carbonyl (C=O) groups excluding carboxylic acids is 1. The number of aliphatic hydroxyl groups excluding tert-OH is 2. The normalized spacial score (nSPS) is 11.7. The molecule has 0 aliphatic carbocycles. The molecule has 1 rings (SSSR count). The number of rotatable bonds is 5. The molecule has 0 saturated carbocycles. The summed E-state index contributed by atoms with van der Waals surface area (Å²) in [6.45, 7) is -0.286. The maximum absolute atomic E-state index is 11.4. The Kier molecular flexibility index (Phi) is 5.31. The van der Waals surface area contributed by atoms with Gasteiger partial charge in [-0.15, -0.1) is 0 Å². The van der Waals surface area contributed by atoms with E-state index in [9.17, 15) is 9.90 Å². The molecular formula is C13H15NO4. The summed E-state index contributed by atoms with van der Waals surface area (Å²) in [6.07, 6.45) is 0.160. The second-order valence-corrected chi connectivity index (χ2v) is 3.86. The minimum absolute atomic E-state index is 0.228. The first-order chi connectivity index (χ1) is 8.62. The number of hydrogen-bond donors (Lipinski definition) is 2. The van der Waals surface area contributed by atoms with Gasteiger partial charge in [-0.25, -0.2) is 4.79 Å². The molecule has 1 unspecified atom stereocenters. The van der Waals surface area contributed by atoms with E-state index >= 15 is 0 Å². The van der Waals surface area contributed by atoms with E-state index in [0.29, 0.717) is 12.8 Å². The fourth-order valence-corrected chi connectivity index (χ4v) is 1.55. The monoisotopic (exact) mass is 249 g/mol. The van der Waals surface area contributed by atoms with Crippen molar-refractivity contribution < 1.29 is 19.7 Å². The maximum Gasteiger partial charge on any atom is 0.339 e. The van der Waals surface area contributed by atoms with Gasteiger partial charge >= 0.3 is 5.97 Å². The number of carbonyl (C=O) groups is 1. The van der Waals surface area contributed by atoms with Crippen LogP contribution < -0.4 is 0 Å². The third kappa shape index (κ3) is 3.55. The minimum Gasteiger partial charge on any atom is -0.465 e. The van der Waals surface area contributed by atoms with Gasteiger partial charge in [-0.05, 0) is 30.5 Å². The van der Waals surface area contributed by atoms with Gasteiger partial charge in [-0.1, -0.05) is 6.07 Å². The second-order valence-electron chi connectivity index (χ2n) is 3.86. The van der Waals surface area contributed by atoms with Crippen molar-refractivity contribution in [1.82, 2.24) is 0 Å². The van der Waals surface area contributed by atoms with Crippen molar-refractivity contribution in [3.63, 3.8) is 0 Å². The van der Waals surface area contributed by atoms with Crippen LogP contribution in [0.4, 0.5) is 0 Å². The lowest BCUT2D eigenvalue weighted by atomic mass is 10.0. The Hall–Kier alpha value is -1.90. The molecule has 5 heteroatoms. The van der Waals surface area contributed by atoms with Gasteiger partial charge in [-0.2, -0.15) is 5.26 Å². The van der Waals surface area contributed by atoms with Crippen molar-refractivity contribution in [2.24, 2.45) is 0 Å². The highest BCUT2D eigenvalue weighted by Gasteiger charge is 2.12. The van der Waals surface area contributed by atoms with Crippen LogP contribution in [0.25, 0.3) is 0 Å². The number of methoxy groups -OCH3 is 1. The summed E-state index contributed by atoms with van der Waals surface area (Å²) < 4.78 is 4.57. The fourth-order valence-electron chi connectivity index (χ4n) is 1.55. The quantitative estimate of drug-likeness (QED) is 0.747. The molecule has 0 radical (unpaired) electrons. The molecule has 0 aromatic heterocycles. The zero-order chi connectivity index (χ0) is 13.5. The molecule has 0 heterocycles. The zero-order valence-electron chi connectivity index (χ0n) is 10.1. The van der Waals surface area contributed by atoms with Crippen LogP contribution in [0.2, 0.25) is 0 Å². The lowest BCUT2D eigenvalue weighted by Gasteiger charge is -2.08. The molecule has 0 fully saturated rings. The average Bonchev–Trinajstić information content (AvgIpc) is 2.43. The van der Waals surface area contributed by atoms with E-state index in [-0.39, 0.29) is 17.7 Å². The van der Waals surface area contributed by atoms with Crippen LogP contribution in [0.5, 0.6) is 0 Å². The van der Waals surface area contributed by atoms with Gasteiger partial charge in [0.05, 0.1) is 30.9 Å². The summed E-state index contributed by atoms with van der Waals surface area (Å²) in [5.41, 5.74) is 1.30. The van der Waals surface area contributed by atoms with Gasteiger partial charge in [-0.3, -0.25) is 0 Å². The Morgan fingerprint density at radius 1 is 1.56 bits per heavy atom. The van der Waals surface area contributed by atoms with Gasteiger partial charge in [0, 0.05) is 0 Å².